The van der Waals surface area contributed by atoms with Crippen molar-refractivity contribution in [3.8, 4) is 0 Å². The van der Waals surface area contributed by atoms with Crippen LogP contribution in [0.15, 0.2) is 11.6 Å². The first-order valence-corrected chi connectivity index (χ1v) is 7.03. The van der Waals surface area contributed by atoms with Gasteiger partial charge in [0.25, 0.3) is 0 Å². The summed E-state index contributed by atoms with van der Waals surface area (Å²) in [5.41, 5.74) is 0.520. The number of likely N-dealkylation sites (N-methyl/N-ethyl adjacent to an activating group) is 1. The van der Waals surface area contributed by atoms with Gasteiger partial charge < -0.3 is 10.2 Å². The van der Waals surface area contributed by atoms with Crippen LogP contribution in [0.2, 0.25) is 0 Å². The molecule has 100 valence electrons. The number of carbonyl (C=O) groups is 2. The monoisotopic (exact) mass is 278 g/mol. The Hall–Kier alpha value is -1.89. The molecule has 1 fully saturated rings. The van der Waals surface area contributed by atoms with Crippen molar-refractivity contribution in [1.82, 2.24) is 14.7 Å². The highest BCUT2D eigenvalue weighted by Crippen LogP contribution is 2.29. The summed E-state index contributed by atoms with van der Waals surface area (Å²) < 4.78 is 1.77. The smallest absolute Gasteiger partial charge is 0.242 e. The van der Waals surface area contributed by atoms with E-state index in [1.807, 2.05) is 16.5 Å². The average molecular weight is 278 g/mol. The molecule has 3 rings (SSSR count). The number of aromatic nitrogens is 2. The van der Waals surface area contributed by atoms with E-state index >= 15 is 0 Å². The lowest BCUT2D eigenvalue weighted by atomic mass is 10.2. The van der Waals surface area contributed by atoms with Gasteiger partial charge in [0.15, 0.2) is 17.1 Å². The maximum Gasteiger partial charge on any atom is 0.242 e. The van der Waals surface area contributed by atoms with Crippen molar-refractivity contribution in [3.63, 3.8) is 0 Å². The fraction of sp³-hybridized carbons (Fsp3) is 0.417. The van der Waals surface area contributed by atoms with Gasteiger partial charge in [-0.05, 0) is 12.8 Å². The van der Waals surface area contributed by atoms with E-state index in [9.17, 15) is 9.59 Å². The Morgan fingerprint density at radius 3 is 3.21 bits per heavy atom. The number of aldehydes is 1. The number of fused-ring (bicyclic) bond motifs is 1. The van der Waals surface area contributed by atoms with Gasteiger partial charge in [-0.2, -0.15) is 0 Å². The number of hydrogen-bond donors (Lipinski definition) is 1. The normalized spacial score (nSPS) is 19.0. The Bertz CT molecular complexity index is 633. The topological polar surface area (TPSA) is 66.7 Å². The molecule has 1 N–H and O–H groups in total. The summed E-state index contributed by atoms with van der Waals surface area (Å²) in [6.45, 7) is 0.754. The van der Waals surface area contributed by atoms with Gasteiger partial charge in [-0.1, -0.05) is 0 Å². The average Bonchev–Trinajstić information content (AvgIpc) is 3.10. The van der Waals surface area contributed by atoms with Crippen molar-refractivity contribution in [3.05, 3.63) is 17.3 Å². The Morgan fingerprint density at radius 2 is 2.47 bits per heavy atom. The molecule has 0 aromatic carbocycles. The van der Waals surface area contributed by atoms with E-state index in [1.54, 1.807) is 11.4 Å². The summed E-state index contributed by atoms with van der Waals surface area (Å²) in [6.07, 6.45) is 4.36. The molecule has 2 aromatic heterocycles. The lowest BCUT2D eigenvalue weighted by Crippen LogP contribution is -2.42. The SMILES string of the molecule is CNC(=O)C1CCCN1c1nc2sccn2c1C=O. The molecule has 1 aliphatic heterocycles. The van der Waals surface area contributed by atoms with Gasteiger partial charge in [-0.3, -0.25) is 14.0 Å². The second kappa shape index (κ2) is 4.65. The van der Waals surface area contributed by atoms with Crippen LogP contribution in [-0.4, -0.2) is 41.2 Å². The van der Waals surface area contributed by atoms with Gasteiger partial charge in [0.1, 0.15) is 11.7 Å². The fourth-order valence-electron chi connectivity index (χ4n) is 2.57. The standard InChI is InChI=1S/C12H14N4O2S/c1-13-11(18)8-3-2-4-15(8)10-9(7-17)16-5-6-19-12(16)14-10/h5-8H,2-4H2,1H3,(H,13,18). The minimum Gasteiger partial charge on any atom is -0.357 e. The summed E-state index contributed by atoms with van der Waals surface area (Å²) in [6, 6.07) is -0.228. The zero-order valence-electron chi connectivity index (χ0n) is 10.5. The predicted molar refractivity (Wildman–Crippen MR) is 72.9 cm³/mol. The summed E-state index contributed by atoms with van der Waals surface area (Å²) in [7, 11) is 1.63. The van der Waals surface area contributed by atoms with Crippen LogP contribution in [0.1, 0.15) is 23.3 Å². The van der Waals surface area contributed by atoms with E-state index in [-0.39, 0.29) is 11.9 Å². The van der Waals surface area contributed by atoms with Crippen molar-refractivity contribution in [2.24, 2.45) is 0 Å². The molecular weight excluding hydrogens is 264 g/mol. The lowest BCUT2D eigenvalue weighted by molar-refractivity contribution is -0.121. The molecule has 3 heterocycles. The van der Waals surface area contributed by atoms with Gasteiger partial charge in [-0.25, -0.2) is 4.98 Å². The van der Waals surface area contributed by atoms with Gasteiger partial charge >= 0.3 is 0 Å². The van der Waals surface area contributed by atoms with Gasteiger partial charge in [-0.15, -0.1) is 11.3 Å². The van der Waals surface area contributed by atoms with Crippen molar-refractivity contribution >= 4 is 34.3 Å². The van der Waals surface area contributed by atoms with E-state index in [0.29, 0.717) is 11.5 Å². The molecule has 1 saturated heterocycles. The summed E-state index contributed by atoms with van der Waals surface area (Å²) in [5.74, 6) is 0.596. The van der Waals surface area contributed by atoms with E-state index in [0.717, 1.165) is 30.6 Å². The van der Waals surface area contributed by atoms with Crippen molar-refractivity contribution < 1.29 is 9.59 Å². The number of anilines is 1. The van der Waals surface area contributed by atoms with Crippen molar-refractivity contribution in [2.75, 3.05) is 18.5 Å². The highest BCUT2D eigenvalue weighted by Gasteiger charge is 2.33. The molecule has 2 aromatic rings. The predicted octanol–water partition coefficient (Wildman–Crippen LogP) is 0.923. The Balaban J connectivity index is 2.05. The summed E-state index contributed by atoms with van der Waals surface area (Å²) >= 11 is 1.48. The number of carbonyl (C=O) groups excluding carboxylic acids is 2. The summed E-state index contributed by atoms with van der Waals surface area (Å²) in [4.78, 5) is 30.4. The lowest BCUT2D eigenvalue weighted by Gasteiger charge is -2.23. The first-order valence-electron chi connectivity index (χ1n) is 6.15. The first kappa shape index (κ1) is 12.2. The molecule has 19 heavy (non-hydrogen) atoms. The van der Waals surface area contributed by atoms with Crippen LogP contribution in [0, 0.1) is 0 Å². The zero-order valence-corrected chi connectivity index (χ0v) is 11.3. The second-order valence-electron chi connectivity index (χ2n) is 4.46. The van der Waals surface area contributed by atoms with Gasteiger partial charge in [0.2, 0.25) is 5.91 Å². The van der Waals surface area contributed by atoms with Gasteiger partial charge in [0, 0.05) is 25.2 Å². The number of nitrogens with one attached hydrogen (secondary N) is 1. The largest absolute Gasteiger partial charge is 0.357 e. The van der Waals surface area contributed by atoms with Crippen LogP contribution >= 0.6 is 11.3 Å². The molecule has 0 bridgehead atoms. The number of hydrogen-bond acceptors (Lipinski definition) is 5. The fourth-order valence-corrected chi connectivity index (χ4v) is 3.29. The molecule has 1 aliphatic rings. The van der Waals surface area contributed by atoms with Crippen molar-refractivity contribution in [2.45, 2.75) is 18.9 Å². The molecule has 6 nitrogen and oxygen atoms in total. The van der Waals surface area contributed by atoms with Crippen LogP contribution in [0.4, 0.5) is 5.82 Å². The van der Waals surface area contributed by atoms with Crippen molar-refractivity contribution in [1.29, 1.82) is 0 Å². The Morgan fingerprint density at radius 1 is 1.63 bits per heavy atom. The third-order valence-corrected chi connectivity index (χ3v) is 4.22. The van der Waals surface area contributed by atoms with Gasteiger partial charge in [0.05, 0.1) is 0 Å². The number of imidazole rings is 1. The van der Waals surface area contributed by atoms with E-state index in [1.165, 1.54) is 11.3 Å². The molecule has 1 unspecified atom stereocenters. The number of rotatable bonds is 3. The number of nitrogens with zero attached hydrogens (tertiary/aromatic N) is 3. The quantitative estimate of drug-likeness (QED) is 0.848. The minimum atomic E-state index is -0.228. The Kier molecular flexibility index (Phi) is 2.98. The molecule has 1 amide bonds. The second-order valence-corrected chi connectivity index (χ2v) is 5.33. The van der Waals surface area contributed by atoms with Crippen LogP contribution in [0.25, 0.3) is 4.96 Å². The van der Waals surface area contributed by atoms with E-state index in [4.69, 9.17) is 0 Å². The van der Waals surface area contributed by atoms with Crippen LogP contribution in [0.5, 0.6) is 0 Å². The molecule has 0 spiro atoms. The van der Waals surface area contributed by atoms with Crippen LogP contribution in [0.3, 0.4) is 0 Å². The number of amides is 1. The number of thiazole rings is 1. The third-order valence-electron chi connectivity index (χ3n) is 3.47. The van der Waals surface area contributed by atoms with Crippen LogP contribution in [-0.2, 0) is 4.79 Å². The molecule has 7 heteroatoms. The van der Waals surface area contributed by atoms with Crippen LogP contribution < -0.4 is 10.2 Å². The highest BCUT2D eigenvalue weighted by molar-refractivity contribution is 7.15. The molecule has 0 radical (unpaired) electrons. The van der Waals surface area contributed by atoms with E-state index < -0.39 is 0 Å². The Labute approximate surface area is 114 Å². The summed E-state index contributed by atoms with van der Waals surface area (Å²) in [5, 5.41) is 4.56. The molecule has 0 aliphatic carbocycles. The molecular formula is C12H14N4O2S. The molecule has 0 saturated carbocycles. The highest BCUT2D eigenvalue weighted by atomic mass is 32.1. The first-order chi connectivity index (χ1) is 9.26. The van der Waals surface area contributed by atoms with E-state index in [2.05, 4.69) is 10.3 Å². The molecule has 1 atom stereocenters. The minimum absolute atomic E-state index is 0.0225. The third kappa shape index (κ3) is 1.81. The maximum absolute atomic E-state index is 11.9. The zero-order chi connectivity index (χ0) is 13.4. The maximum atomic E-state index is 11.9.